The number of nitrogens with zero attached hydrogens (tertiary/aromatic N) is 1. The number of fused-ring (bicyclic) bond motifs is 1. The molecule has 0 spiro atoms. The van der Waals surface area contributed by atoms with Gasteiger partial charge in [0.1, 0.15) is 5.75 Å². The lowest BCUT2D eigenvalue weighted by atomic mass is 10.2. The molecule has 1 aliphatic heterocycles. The van der Waals surface area contributed by atoms with E-state index in [4.69, 9.17) is 4.74 Å². The SMILES string of the molecule is COc1ccc2c(c1)C(SC)=NCCS2. The lowest BCUT2D eigenvalue weighted by molar-refractivity contribution is 0.414. The van der Waals surface area contributed by atoms with Gasteiger partial charge in [-0.3, -0.25) is 4.99 Å². The van der Waals surface area contributed by atoms with E-state index in [9.17, 15) is 0 Å². The molecule has 1 heterocycles. The molecule has 2 nitrogen and oxygen atoms in total. The number of rotatable bonds is 1. The molecule has 1 aromatic carbocycles. The van der Waals surface area contributed by atoms with Crippen LogP contribution < -0.4 is 4.74 Å². The second-order valence-electron chi connectivity index (χ2n) is 3.10. The van der Waals surface area contributed by atoms with E-state index in [1.165, 1.54) is 10.5 Å². The molecule has 0 fully saturated rings. The molecule has 0 aromatic heterocycles. The smallest absolute Gasteiger partial charge is 0.119 e. The molecule has 0 amide bonds. The van der Waals surface area contributed by atoms with Gasteiger partial charge < -0.3 is 4.74 Å². The maximum absolute atomic E-state index is 5.24. The standard InChI is InChI=1S/C11H13NOS2/c1-13-8-3-4-10-9(7-8)11(14-2)12-5-6-15-10/h3-4,7H,5-6H2,1-2H3. The molecule has 0 unspecified atom stereocenters. The Morgan fingerprint density at radius 2 is 2.33 bits per heavy atom. The van der Waals surface area contributed by atoms with Crippen molar-refractivity contribution in [2.24, 2.45) is 4.99 Å². The monoisotopic (exact) mass is 239 g/mol. The minimum Gasteiger partial charge on any atom is -0.497 e. The third kappa shape index (κ3) is 2.32. The fraction of sp³-hybridized carbons (Fsp3) is 0.364. The van der Waals surface area contributed by atoms with E-state index >= 15 is 0 Å². The van der Waals surface area contributed by atoms with Crippen molar-refractivity contribution in [3.63, 3.8) is 0 Å². The fourth-order valence-electron chi connectivity index (χ4n) is 1.49. The molecule has 0 bridgehead atoms. The normalized spacial score (nSPS) is 15.2. The molecule has 4 heteroatoms. The maximum atomic E-state index is 5.24. The summed E-state index contributed by atoms with van der Waals surface area (Å²) in [4.78, 5) is 5.87. The van der Waals surface area contributed by atoms with Crippen LogP contribution in [0.3, 0.4) is 0 Å². The van der Waals surface area contributed by atoms with Crippen LogP contribution in [0.1, 0.15) is 5.56 Å². The van der Waals surface area contributed by atoms with Gasteiger partial charge in [-0.05, 0) is 24.5 Å². The molecule has 0 atom stereocenters. The first-order valence-corrected chi connectivity index (χ1v) is 6.96. The summed E-state index contributed by atoms with van der Waals surface area (Å²) >= 11 is 3.57. The van der Waals surface area contributed by atoms with Gasteiger partial charge in [-0.1, -0.05) is 0 Å². The van der Waals surface area contributed by atoms with E-state index in [0.29, 0.717) is 0 Å². The van der Waals surface area contributed by atoms with Crippen molar-refractivity contribution in [2.45, 2.75) is 4.90 Å². The van der Waals surface area contributed by atoms with Crippen LogP contribution in [0.4, 0.5) is 0 Å². The van der Waals surface area contributed by atoms with Gasteiger partial charge in [-0.2, -0.15) is 0 Å². The summed E-state index contributed by atoms with van der Waals surface area (Å²) < 4.78 is 5.24. The second kappa shape index (κ2) is 4.94. The molecule has 1 aromatic rings. The summed E-state index contributed by atoms with van der Waals surface area (Å²) in [6, 6.07) is 6.20. The minimum atomic E-state index is 0.901. The average Bonchev–Trinajstić information content (AvgIpc) is 2.49. The van der Waals surface area contributed by atoms with Crippen LogP contribution in [0.2, 0.25) is 0 Å². The highest BCUT2D eigenvalue weighted by molar-refractivity contribution is 8.14. The molecule has 15 heavy (non-hydrogen) atoms. The van der Waals surface area contributed by atoms with Gasteiger partial charge in [-0.15, -0.1) is 23.5 Å². The zero-order valence-electron chi connectivity index (χ0n) is 8.82. The highest BCUT2D eigenvalue weighted by atomic mass is 32.2. The molecule has 0 aliphatic carbocycles. The third-order valence-corrected chi connectivity index (χ3v) is 4.00. The third-order valence-electron chi connectivity index (χ3n) is 2.21. The minimum absolute atomic E-state index is 0.901. The van der Waals surface area contributed by atoms with Crippen molar-refractivity contribution in [1.82, 2.24) is 0 Å². The van der Waals surface area contributed by atoms with Crippen LogP contribution >= 0.6 is 23.5 Å². The highest BCUT2D eigenvalue weighted by Gasteiger charge is 2.13. The zero-order chi connectivity index (χ0) is 10.7. The number of methoxy groups -OCH3 is 1. The van der Waals surface area contributed by atoms with Gasteiger partial charge in [0.05, 0.1) is 12.2 Å². The molecule has 0 radical (unpaired) electrons. The van der Waals surface area contributed by atoms with E-state index in [2.05, 4.69) is 23.4 Å². The average molecular weight is 239 g/mol. The van der Waals surface area contributed by atoms with Gasteiger partial charge in [0.2, 0.25) is 0 Å². The molecule has 2 rings (SSSR count). The summed E-state index contributed by atoms with van der Waals surface area (Å²) in [5.74, 6) is 1.96. The van der Waals surface area contributed by atoms with Crippen molar-refractivity contribution >= 4 is 28.6 Å². The molecular formula is C11H13NOS2. The van der Waals surface area contributed by atoms with Crippen molar-refractivity contribution in [2.75, 3.05) is 25.7 Å². The van der Waals surface area contributed by atoms with Crippen LogP contribution in [0, 0.1) is 0 Å². The molecule has 0 N–H and O–H groups in total. The first-order valence-electron chi connectivity index (χ1n) is 4.75. The maximum Gasteiger partial charge on any atom is 0.119 e. The molecular weight excluding hydrogens is 226 g/mol. The van der Waals surface area contributed by atoms with Crippen molar-refractivity contribution in [1.29, 1.82) is 0 Å². The Hall–Kier alpha value is -0.610. The van der Waals surface area contributed by atoms with Gasteiger partial charge in [0, 0.05) is 22.8 Å². The van der Waals surface area contributed by atoms with Gasteiger partial charge in [-0.25, -0.2) is 0 Å². The Labute approximate surface area is 98.5 Å². The molecule has 0 saturated carbocycles. The summed E-state index contributed by atoms with van der Waals surface area (Å²) in [7, 11) is 1.70. The van der Waals surface area contributed by atoms with Crippen molar-refractivity contribution in [3.8, 4) is 5.75 Å². The lowest BCUT2D eigenvalue weighted by Gasteiger charge is -2.08. The van der Waals surface area contributed by atoms with Crippen LogP contribution in [0.25, 0.3) is 0 Å². The van der Waals surface area contributed by atoms with E-state index in [1.807, 2.05) is 17.8 Å². The number of benzene rings is 1. The predicted octanol–water partition coefficient (Wildman–Crippen LogP) is 2.91. The molecule has 0 saturated heterocycles. The number of hydrogen-bond acceptors (Lipinski definition) is 4. The van der Waals surface area contributed by atoms with E-state index < -0.39 is 0 Å². The lowest BCUT2D eigenvalue weighted by Crippen LogP contribution is -1.97. The van der Waals surface area contributed by atoms with Crippen molar-refractivity contribution < 1.29 is 4.74 Å². The summed E-state index contributed by atoms with van der Waals surface area (Å²) in [5.41, 5.74) is 1.21. The van der Waals surface area contributed by atoms with Crippen molar-refractivity contribution in [3.05, 3.63) is 23.8 Å². The quantitative estimate of drug-likeness (QED) is 0.752. The number of thioether (sulfide) groups is 2. The molecule has 80 valence electrons. The topological polar surface area (TPSA) is 21.6 Å². The van der Waals surface area contributed by atoms with Crippen LogP contribution in [-0.4, -0.2) is 30.7 Å². The molecule has 1 aliphatic rings. The second-order valence-corrected chi connectivity index (χ2v) is 5.03. The number of aliphatic imine (C=N–C) groups is 1. The summed E-state index contributed by atoms with van der Waals surface area (Å²) in [5, 5.41) is 1.12. The van der Waals surface area contributed by atoms with E-state index in [1.54, 1.807) is 18.9 Å². The summed E-state index contributed by atoms with van der Waals surface area (Å²) in [6.07, 6.45) is 2.07. The predicted molar refractivity (Wildman–Crippen MR) is 68.6 cm³/mol. The Kier molecular flexibility index (Phi) is 3.59. The van der Waals surface area contributed by atoms with Crippen LogP contribution in [-0.2, 0) is 0 Å². The zero-order valence-corrected chi connectivity index (χ0v) is 10.5. The number of hydrogen-bond donors (Lipinski definition) is 0. The van der Waals surface area contributed by atoms with Gasteiger partial charge in [0.25, 0.3) is 0 Å². The first-order chi connectivity index (χ1) is 7.35. The van der Waals surface area contributed by atoms with E-state index in [-0.39, 0.29) is 0 Å². The Morgan fingerprint density at radius 1 is 1.47 bits per heavy atom. The largest absolute Gasteiger partial charge is 0.497 e. The Morgan fingerprint density at radius 3 is 3.07 bits per heavy atom. The van der Waals surface area contributed by atoms with Crippen LogP contribution in [0.5, 0.6) is 5.75 Å². The fourth-order valence-corrected chi connectivity index (χ4v) is 3.04. The Bertz CT molecular complexity index is 390. The van der Waals surface area contributed by atoms with Gasteiger partial charge in [0.15, 0.2) is 0 Å². The summed E-state index contributed by atoms with van der Waals surface area (Å²) in [6.45, 7) is 0.901. The first kappa shape index (κ1) is 10.9. The van der Waals surface area contributed by atoms with Gasteiger partial charge >= 0.3 is 0 Å². The Balaban J connectivity index is 2.47. The number of ether oxygens (including phenoxy) is 1. The van der Waals surface area contributed by atoms with Crippen LogP contribution in [0.15, 0.2) is 28.1 Å². The van der Waals surface area contributed by atoms with E-state index in [0.717, 1.165) is 23.1 Å². The highest BCUT2D eigenvalue weighted by Crippen LogP contribution is 2.31.